The van der Waals surface area contributed by atoms with Crippen molar-refractivity contribution in [2.24, 2.45) is 0 Å². The zero-order valence-corrected chi connectivity index (χ0v) is 17.5. The van der Waals surface area contributed by atoms with Crippen LogP contribution in [0.3, 0.4) is 0 Å². The van der Waals surface area contributed by atoms with Gasteiger partial charge in [-0.3, -0.25) is 9.59 Å². The third-order valence-electron chi connectivity index (χ3n) is 4.86. The van der Waals surface area contributed by atoms with Crippen molar-refractivity contribution in [3.05, 3.63) is 59.7 Å². The summed E-state index contributed by atoms with van der Waals surface area (Å²) in [6.45, 7) is 3.87. The Kier molecular flexibility index (Phi) is 7.49. The number of rotatable bonds is 9. The first kappa shape index (κ1) is 21.4. The fourth-order valence-corrected chi connectivity index (χ4v) is 3.25. The van der Waals surface area contributed by atoms with Gasteiger partial charge < -0.3 is 19.7 Å². The first-order valence-electron chi connectivity index (χ1n) is 10.3. The number of benzene rings is 2. The third-order valence-corrected chi connectivity index (χ3v) is 4.86. The van der Waals surface area contributed by atoms with Crippen LogP contribution in [-0.4, -0.2) is 32.1 Å². The monoisotopic (exact) mass is 408 g/mol. The van der Waals surface area contributed by atoms with Crippen molar-refractivity contribution in [2.75, 3.05) is 25.2 Å². The molecule has 2 aromatic carbocycles. The molecule has 0 unspecified atom stereocenters. The zero-order chi connectivity index (χ0) is 21.3. The van der Waals surface area contributed by atoms with Crippen molar-refractivity contribution in [1.29, 1.82) is 0 Å². The summed E-state index contributed by atoms with van der Waals surface area (Å²) in [7, 11) is 1.60. The summed E-state index contributed by atoms with van der Waals surface area (Å²) in [4.78, 5) is 25.8. The maximum atomic E-state index is 12.2. The highest BCUT2D eigenvalue weighted by Gasteiger charge is 2.21. The molecule has 1 heterocycles. The molecule has 6 heteroatoms. The van der Waals surface area contributed by atoms with Crippen molar-refractivity contribution < 1.29 is 19.1 Å². The summed E-state index contributed by atoms with van der Waals surface area (Å²) in [5, 5.41) is 2.87. The molecule has 2 amide bonds. The Morgan fingerprint density at radius 3 is 2.63 bits per heavy atom. The van der Waals surface area contributed by atoms with E-state index in [0.29, 0.717) is 31.1 Å². The van der Waals surface area contributed by atoms with Crippen molar-refractivity contribution in [3.8, 4) is 11.5 Å². The van der Waals surface area contributed by atoms with Gasteiger partial charge in [0.15, 0.2) is 11.5 Å². The standard InChI is InChI=1S/C24H28N2O4/c1-3-15-30-21-12-8-18(16-22(21)29-2)9-13-23(27)25-17-19-6-10-20(11-7-19)26-14-4-5-24(26)28/h6-13,16H,3-5,14-15,17H2,1-2H3,(H,25,27)/b13-9+. The van der Waals surface area contributed by atoms with Gasteiger partial charge in [-0.25, -0.2) is 0 Å². The maximum Gasteiger partial charge on any atom is 0.244 e. The minimum absolute atomic E-state index is 0.169. The second-order valence-electron chi connectivity index (χ2n) is 7.13. The van der Waals surface area contributed by atoms with Gasteiger partial charge in [-0.2, -0.15) is 0 Å². The summed E-state index contributed by atoms with van der Waals surface area (Å²) in [6, 6.07) is 13.3. The number of nitrogens with one attached hydrogen (secondary N) is 1. The van der Waals surface area contributed by atoms with Crippen molar-refractivity contribution in [2.45, 2.75) is 32.7 Å². The van der Waals surface area contributed by atoms with Crippen LogP contribution in [0.5, 0.6) is 11.5 Å². The highest BCUT2D eigenvalue weighted by Crippen LogP contribution is 2.28. The smallest absolute Gasteiger partial charge is 0.244 e. The third kappa shape index (κ3) is 5.63. The number of amides is 2. The molecule has 1 fully saturated rings. The van der Waals surface area contributed by atoms with E-state index in [9.17, 15) is 9.59 Å². The van der Waals surface area contributed by atoms with Crippen LogP contribution in [0.4, 0.5) is 5.69 Å². The topological polar surface area (TPSA) is 67.9 Å². The van der Waals surface area contributed by atoms with Gasteiger partial charge >= 0.3 is 0 Å². The number of methoxy groups -OCH3 is 1. The van der Waals surface area contributed by atoms with E-state index in [1.165, 1.54) is 6.08 Å². The first-order valence-corrected chi connectivity index (χ1v) is 10.3. The average molecular weight is 408 g/mol. The Morgan fingerprint density at radius 1 is 1.17 bits per heavy atom. The molecule has 0 bridgehead atoms. The average Bonchev–Trinajstić information content (AvgIpc) is 3.21. The molecule has 0 aromatic heterocycles. The normalized spacial score (nSPS) is 13.7. The number of carbonyl (C=O) groups is 2. The predicted molar refractivity (Wildman–Crippen MR) is 118 cm³/mol. The molecule has 158 valence electrons. The minimum atomic E-state index is -0.181. The quantitative estimate of drug-likeness (QED) is 0.638. The van der Waals surface area contributed by atoms with Gasteiger partial charge in [-0.1, -0.05) is 25.1 Å². The summed E-state index contributed by atoms with van der Waals surface area (Å²) in [5.74, 6) is 1.32. The lowest BCUT2D eigenvalue weighted by Gasteiger charge is -2.15. The van der Waals surface area contributed by atoms with E-state index in [1.807, 2.05) is 49.4 Å². The molecular formula is C24H28N2O4. The lowest BCUT2D eigenvalue weighted by Crippen LogP contribution is -2.23. The molecule has 0 spiro atoms. The summed E-state index contributed by atoms with van der Waals surface area (Å²) in [6.07, 6.45) is 5.68. The van der Waals surface area contributed by atoms with Crippen LogP contribution in [0.15, 0.2) is 48.5 Å². The fraction of sp³-hybridized carbons (Fsp3) is 0.333. The van der Waals surface area contributed by atoms with Crippen LogP contribution in [0, 0.1) is 0 Å². The van der Waals surface area contributed by atoms with E-state index in [2.05, 4.69) is 5.32 Å². The molecular weight excluding hydrogens is 380 g/mol. The molecule has 2 aromatic rings. The SMILES string of the molecule is CCCOc1ccc(/C=C/C(=O)NCc2ccc(N3CCCC3=O)cc2)cc1OC. The van der Waals surface area contributed by atoms with Gasteiger partial charge in [0.2, 0.25) is 11.8 Å². The van der Waals surface area contributed by atoms with Gasteiger partial charge in [-0.05, 0) is 54.3 Å². The molecule has 3 rings (SSSR count). The Bertz CT molecular complexity index is 906. The molecule has 1 aliphatic rings. The summed E-state index contributed by atoms with van der Waals surface area (Å²) in [5.41, 5.74) is 2.74. The largest absolute Gasteiger partial charge is 0.493 e. The number of nitrogens with zero attached hydrogens (tertiary/aromatic N) is 1. The molecule has 1 N–H and O–H groups in total. The van der Waals surface area contributed by atoms with E-state index in [4.69, 9.17) is 9.47 Å². The van der Waals surface area contributed by atoms with Gasteiger partial charge in [-0.15, -0.1) is 0 Å². The van der Waals surface area contributed by atoms with Crippen LogP contribution in [0.1, 0.15) is 37.3 Å². The lowest BCUT2D eigenvalue weighted by atomic mass is 10.1. The second-order valence-corrected chi connectivity index (χ2v) is 7.13. The highest BCUT2D eigenvalue weighted by atomic mass is 16.5. The zero-order valence-electron chi connectivity index (χ0n) is 17.5. The number of anilines is 1. The van der Waals surface area contributed by atoms with Crippen LogP contribution in [0.2, 0.25) is 0 Å². The van der Waals surface area contributed by atoms with Crippen LogP contribution in [-0.2, 0) is 16.1 Å². The van der Waals surface area contributed by atoms with Crippen molar-refractivity contribution in [3.63, 3.8) is 0 Å². The highest BCUT2D eigenvalue weighted by molar-refractivity contribution is 5.95. The van der Waals surface area contributed by atoms with Crippen LogP contribution < -0.4 is 19.7 Å². The lowest BCUT2D eigenvalue weighted by molar-refractivity contribution is -0.117. The number of hydrogen-bond donors (Lipinski definition) is 1. The van der Waals surface area contributed by atoms with Crippen molar-refractivity contribution in [1.82, 2.24) is 5.32 Å². The molecule has 1 saturated heterocycles. The van der Waals surface area contributed by atoms with E-state index >= 15 is 0 Å². The van der Waals surface area contributed by atoms with Gasteiger partial charge in [0.25, 0.3) is 0 Å². The molecule has 0 atom stereocenters. The van der Waals surface area contributed by atoms with Gasteiger partial charge in [0, 0.05) is 31.3 Å². The molecule has 1 aliphatic heterocycles. The Labute approximate surface area is 177 Å². The molecule has 0 aliphatic carbocycles. The number of hydrogen-bond acceptors (Lipinski definition) is 4. The van der Waals surface area contributed by atoms with Crippen LogP contribution in [0.25, 0.3) is 6.08 Å². The number of carbonyl (C=O) groups excluding carboxylic acids is 2. The Morgan fingerprint density at radius 2 is 1.97 bits per heavy atom. The predicted octanol–water partition coefficient (Wildman–Crippen LogP) is 3.94. The van der Waals surface area contributed by atoms with Crippen molar-refractivity contribution >= 4 is 23.6 Å². The maximum absolute atomic E-state index is 12.2. The summed E-state index contributed by atoms with van der Waals surface area (Å²) < 4.78 is 11.0. The van der Waals surface area contributed by atoms with Crippen LogP contribution >= 0.6 is 0 Å². The second kappa shape index (κ2) is 10.5. The van der Waals surface area contributed by atoms with E-state index in [-0.39, 0.29) is 11.8 Å². The number of ether oxygens (including phenoxy) is 2. The summed E-state index contributed by atoms with van der Waals surface area (Å²) >= 11 is 0. The molecule has 0 radical (unpaired) electrons. The minimum Gasteiger partial charge on any atom is -0.493 e. The van der Waals surface area contributed by atoms with E-state index < -0.39 is 0 Å². The fourth-order valence-electron chi connectivity index (χ4n) is 3.25. The van der Waals surface area contributed by atoms with Gasteiger partial charge in [0.05, 0.1) is 13.7 Å². The Balaban J connectivity index is 1.53. The molecule has 6 nitrogen and oxygen atoms in total. The van der Waals surface area contributed by atoms with Gasteiger partial charge in [0.1, 0.15) is 0 Å². The first-order chi connectivity index (χ1) is 14.6. The molecule has 0 saturated carbocycles. The molecule has 30 heavy (non-hydrogen) atoms. The Hall–Kier alpha value is -3.28. The van der Waals surface area contributed by atoms with E-state index in [0.717, 1.165) is 36.2 Å². The van der Waals surface area contributed by atoms with E-state index in [1.54, 1.807) is 18.1 Å².